The maximum Gasteiger partial charge on any atom is 0.278 e. The van der Waals surface area contributed by atoms with Crippen LogP contribution in [0.15, 0.2) is 97.1 Å². The quantitative estimate of drug-likeness (QED) is 0.174. The lowest BCUT2D eigenvalue weighted by Gasteiger charge is -2.47. The van der Waals surface area contributed by atoms with Crippen LogP contribution in [0.2, 0.25) is 0 Å². The summed E-state index contributed by atoms with van der Waals surface area (Å²) in [6.07, 6.45) is 0. The van der Waals surface area contributed by atoms with Gasteiger partial charge in [-0.2, -0.15) is 5.26 Å². The molecule has 0 heterocycles. The highest BCUT2D eigenvalue weighted by atomic mass is 16.6. The normalized spacial score (nSPS) is 21.5. The second-order valence-electron chi connectivity index (χ2n) is 11.0. The van der Waals surface area contributed by atoms with Crippen molar-refractivity contribution in [2.75, 3.05) is 0 Å². The van der Waals surface area contributed by atoms with Crippen molar-refractivity contribution in [2.45, 2.75) is 23.7 Å². The van der Waals surface area contributed by atoms with Gasteiger partial charge < -0.3 is 0 Å². The first kappa shape index (κ1) is 21.0. The Morgan fingerprint density at radius 1 is 0.513 bits per heavy atom. The van der Waals surface area contributed by atoms with Gasteiger partial charge >= 0.3 is 0 Å². The minimum atomic E-state index is -0.277. The lowest BCUT2D eigenvalue weighted by Crippen LogP contribution is -2.34. The van der Waals surface area contributed by atoms with E-state index in [1.165, 1.54) is 0 Å². The lowest BCUT2D eigenvalue weighted by molar-refractivity contribution is -0.386. The second-order valence-corrected chi connectivity index (χ2v) is 11.0. The van der Waals surface area contributed by atoms with E-state index in [9.17, 15) is 15.4 Å². The van der Waals surface area contributed by atoms with Crippen LogP contribution in [-0.2, 0) is 0 Å². The van der Waals surface area contributed by atoms with Crippen LogP contribution in [0.4, 0.5) is 5.69 Å². The van der Waals surface area contributed by atoms with Crippen molar-refractivity contribution in [2.24, 2.45) is 0 Å². The molecule has 0 aliphatic heterocycles. The number of benzene rings is 5. The molecule has 0 aromatic heterocycles. The first-order valence-electron chi connectivity index (χ1n) is 13.3. The summed E-state index contributed by atoms with van der Waals surface area (Å²) < 4.78 is 0. The van der Waals surface area contributed by atoms with E-state index < -0.39 is 0 Å². The van der Waals surface area contributed by atoms with Crippen molar-refractivity contribution in [3.63, 3.8) is 0 Å². The van der Waals surface area contributed by atoms with Gasteiger partial charge in [0.2, 0.25) is 0 Å². The first-order valence-corrected chi connectivity index (χ1v) is 13.3. The number of hydrogen-bond acceptors (Lipinski definition) is 3. The molecule has 0 saturated heterocycles. The van der Waals surface area contributed by atoms with E-state index in [1.54, 1.807) is 0 Å². The Morgan fingerprint density at radius 2 is 0.769 bits per heavy atom. The van der Waals surface area contributed by atoms with E-state index in [1.807, 2.05) is 48.5 Å². The molecule has 6 aliphatic rings. The molecule has 5 aromatic rings. The van der Waals surface area contributed by atoms with Gasteiger partial charge in [0.1, 0.15) is 0 Å². The van der Waals surface area contributed by atoms with Gasteiger partial charge in [0, 0.05) is 34.8 Å². The van der Waals surface area contributed by atoms with E-state index in [0.29, 0.717) is 5.56 Å². The molecule has 4 nitrogen and oxygen atoms in total. The zero-order valence-corrected chi connectivity index (χ0v) is 20.8. The fourth-order valence-electron chi connectivity index (χ4n) is 8.38. The lowest BCUT2D eigenvalue weighted by atomic mass is 9.54. The number of nitrogens with zero attached hydrogens (tertiary/aromatic N) is 2. The number of hydrogen-bond donors (Lipinski definition) is 0. The Labute approximate surface area is 225 Å². The Bertz CT molecular complexity index is 1780. The molecule has 0 spiro atoms. The predicted molar refractivity (Wildman–Crippen MR) is 147 cm³/mol. The maximum absolute atomic E-state index is 13.3. The second kappa shape index (κ2) is 7.09. The molecule has 39 heavy (non-hydrogen) atoms. The average Bonchev–Trinajstić information content (AvgIpc) is 2.99. The average molecular weight is 501 g/mol. The van der Waals surface area contributed by atoms with Gasteiger partial charge in [0.15, 0.2) is 0 Å². The van der Waals surface area contributed by atoms with E-state index >= 15 is 0 Å². The van der Waals surface area contributed by atoms with Gasteiger partial charge in [-0.3, -0.25) is 10.1 Å². The van der Waals surface area contributed by atoms with Gasteiger partial charge in [-0.1, -0.05) is 97.1 Å². The minimum Gasteiger partial charge on any atom is -0.258 e. The predicted octanol–water partition coefficient (Wildman–Crippen LogP) is 7.44. The zero-order chi connectivity index (χ0) is 26.0. The minimum absolute atomic E-state index is 0.156. The summed E-state index contributed by atoms with van der Waals surface area (Å²) in [7, 11) is 0. The van der Waals surface area contributed by atoms with Crippen LogP contribution in [0.25, 0.3) is 0 Å². The number of nitro benzene ring substituents is 1. The summed E-state index contributed by atoms with van der Waals surface area (Å²) in [5, 5.41) is 24.2. The Hall–Kier alpha value is -5.01. The van der Waals surface area contributed by atoms with Crippen molar-refractivity contribution in [3.8, 4) is 6.07 Å². The monoisotopic (exact) mass is 500 g/mol. The first-order chi connectivity index (χ1) is 19.2. The van der Waals surface area contributed by atoms with Crippen molar-refractivity contribution in [3.05, 3.63) is 180 Å². The molecule has 0 N–H and O–H groups in total. The SMILES string of the molecule is N#Cc1c2c(c([N+](=O)[O-])c3c1C1c4ccccc4C3c3ccccc31)C1c3ccccc3C2c2ccccc21. The summed E-state index contributed by atoms with van der Waals surface area (Å²) in [5.41, 5.74) is 13.0. The zero-order valence-electron chi connectivity index (χ0n) is 20.8. The molecule has 0 fully saturated rings. The van der Waals surface area contributed by atoms with E-state index in [2.05, 4.69) is 54.6 Å². The summed E-state index contributed by atoms with van der Waals surface area (Å²) in [5.74, 6) is -0.966. The van der Waals surface area contributed by atoms with Gasteiger partial charge in [-0.15, -0.1) is 0 Å². The van der Waals surface area contributed by atoms with E-state index in [4.69, 9.17) is 0 Å². The molecule has 11 rings (SSSR count). The fourth-order valence-corrected chi connectivity index (χ4v) is 8.38. The molecule has 0 saturated carbocycles. The van der Waals surface area contributed by atoms with Crippen molar-refractivity contribution < 1.29 is 4.92 Å². The highest BCUT2D eigenvalue weighted by molar-refractivity contribution is 5.83. The number of rotatable bonds is 1. The highest BCUT2D eigenvalue weighted by Crippen LogP contribution is 2.65. The summed E-state index contributed by atoms with van der Waals surface area (Å²) in [4.78, 5) is 13.1. The highest BCUT2D eigenvalue weighted by Gasteiger charge is 2.53. The van der Waals surface area contributed by atoms with Gasteiger partial charge in [0.25, 0.3) is 5.69 Å². The van der Waals surface area contributed by atoms with Gasteiger partial charge in [-0.05, 0) is 55.6 Å². The smallest absolute Gasteiger partial charge is 0.258 e. The third kappa shape index (κ3) is 2.31. The fraction of sp³-hybridized carbons (Fsp3) is 0.114. The van der Waals surface area contributed by atoms with Crippen LogP contribution >= 0.6 is 0 Å². The van der Waals surface area contributed by atoms with E-state index in [-0.39, 0.29) is 34.3 Å². The molecular weight excluding hydrogens is 480 g/mol. The standard InChI is InChI=1S/C35H20N2O2/c36-17-26-31-27-18-9-1-5-13-22(18)29(23-14-6-2-10-19(23)27)33(31)35(37(38)39)34-30-24-15-7-3-11-20(24)28(32(26)34)21-12-4-8-16-25(21)30/h1-16,27-30H. The molecule has 0 radical (unpaired) electrons. The maximum atomic E-state index is 13.3. The van der Waals surface area contributed by atoms with Crippen LogP contribution in [0.5, 0.6) is 0 Å². The Morgan fingerprint density at radius 3 is 1.00 bits per heavy atom. The van der Waals surface area contributed by atoms with Crippen LogP contribution in [0.3, 0.4) is 0 Å². The molecule has 4 bridgehead atoms. The van der Waals surface area contributed by atoms with Crippen molar-refractivity contribution in [1.29, 1.82) is 5.26 Å². The Balaban J connectivity index is 1.49. The molecule has 4 heteroatoms. The van der Waals surface area contributed by atoms with Crippen LogP contribution < -0.4 is 0 Å². The van der Waals surface area contributed by atoms with E-state index in [0.717, 1.165) is 66.8 Å². The summed E-state index contributed by atoms with van der Waals surface area (Å²) in [6.45, 7) is 0. The molecule has 0 unspecified atom stereocenters. The van der Waals surface area contributed by atoms with Gasteiger partial charge in [-0.25, -0.2) is 0 Å². The number of nitro groups is 1. The summed E-state index contributed by atoms with van der Waals surface area (Å²) >= 11 is 0. The Kier molecular flexibility index (Phi) is 3.82. The third-order valence-electron chi connectivity index (χ3n) is 9.55. The van der Waals surface area contributed by atoms with Crippen LogP contribution in [0.1, 0.15) is 96.0 Å². The van der Waals surface area contributed by atoms with Crippen LogP contribution in [0, 0.1) is 21.4 Å². The molecule has 5 aromatic carbocycles. The number of nitriles is 1. The third-order valence-corrected chi connectivity index (χ3v) is 9.55. The molecule has 6 aliphatic carbocycles. The topological polar surface area (TPSA) is 66.9 Å². The van der Waals surface area contributed by atoms with Crippen molar-refractivity contribution >= 4 is 5.69 Å². The molecule has 0 atom stereocenters. The van der Waals surface area contributed by atoms with Crippen molar-refractivity contribution in [1.82, 2.24) is 0 Å². The van der Waals surface area contributed by atoms with Gasteiger partial charge in [0.05, 0.1) is 16.6 Å². The summed E-state index contributed by atoms with van der Waals surface area (Å²) in [6, 6.07) is 35.8. The van der Waals surface area contributed by atoms with Crippen LogP contribution in [-0.4, -0.2) is 4.92 Å². The molecule has 0 amide bonds. The molecular formula is C35H20N2O2. The largest absolute Gasteiger partial charge is 0.278 e. The molecule has 182 valence electrons.